The van der Waals surface area contributed by atoms with Crippen LogP contribution in [0.15, 0.2) is 62.7 Å². The van der Waals surface area contributed by atoms with Crippen molar-refractivity contribution < 1.29 is 13.9 Å². The predicted molar refractivity (Wildman–Crippen MR) is 157 cm³/mol. The predicted octanol–water partition coefficient (Wildman–Crippen LogP) is 6.58. The standard InChI is InChI=1S/C30H31ClN4O4/c1-16-11-20(17(2)34-23-9-10-26(31)35-27(23)29(37)39-30(3,4)5)28-21(12-16)24(36)14-25(38-28)18-7-8-22(32)19(13-18)15-33-6/h7-15,17,34H,32H2,1-6H3. The third-order valence-corrected chi connectivity index (χ3v) is 6.14. The van der Waals surface area contributed by atoms with Crippen molar-refractivity contribution in [2.45, 2.75) is 46.3 Å². The number of rotatable bonds is 6. The minimum absolute atomic E-state index is 0.0652. The van der Waals surface area contributed by atoms with Crippen molar-refractivity contribution in [1.82, 2.24) is 4.98 Å². The van der Waals surface area contributed by atoms with Crippen LogP contribution < -0.4 is 16.5 Å². The van der Waals surface area contributed by atoms with Gasteiger partial charge in [-0.15, -0.1) is 0 Å². The first-order valence-electron chi connectivity index (χ1n) is 12.4. The maximum atomic E-state index is 13.2. The van der Waals surface area contributed by atoms with Gasteiger partial charge in [0, 0.05) is 41.7 Å². The van der Waals surface area contributed by atoms with Crippen molar-refractivity contribution in [3.63, 3.8) is 0 Å². The normalized spacial score (nSPS) is 12.6. The van der Waals surface area contributed by atoms with E-state index in [0.717, 1.165) is 16.7 Å². The molecule has 0 saturated heterocycles. The SMILES string of the molecule is CN=Cc1cc(-c2cc(=O)c3cc(C)cc(C(C)Nc4ccc(Cl)nc4C(=O)OC(C)(C)C)c3o2)ccc1N. The van der Waals surface area contributed by atoms with E-state index >= 15 is 0 Å². The first-order chi connectivity index (χ1) is 18.4. The summed E-state index contributed by atoms with van der Waals surface area (Å²) >= 11 is 6.11. The highest BCUT2D eigenvalue weighted by Crippen LogP contribution is 2.32. The Hall–Kier alpha value is -4.17. The van der Waals surface area contributed by atoms with E-state index in [0.29, 0.717) is 33.7 Å². The second-order valence-corrected chi connectivity index (χ2v) is 10.7. The zero-order valence-electron chi connectivity index (χ0n) is 22.8. The van der Waals surface area contributed by atoms with E-state index in [1.54, 1.807) is 64.4 Å². The largest absolute Gasteiger partial charge is 0.455 e. The van der Waals surface area contributed by atoms with Crippen LogP contribution in [0.2, 0.25) is 5.15 Å². The van der Waals surface area contributed by atoms with E-state index in [-0.39, 0.29) is 22.3 Å². The molecule has 4 aromatic rings. The molecular weight excluding hydrogens is 516 g/mol. The van der Waals surface area contributed by atoms with Gasteiger partial charge in [0.15, 0.2) is 11.1 Å². The third-order valence-electron chi connectivity index (χ3n) is 5.93. The monoisotopic (exact) mass is 546 g/mol. The van der Waals surface area contributed by atoms with Crippen molar-refractivity contribution in [3.8, 4) is 11.3 Å². The molecule has 1 atom stereocenters. The Morgan fingerprint density at radius 1 is 1.18 bits per heavy atom. The molecule has 2 heterocycles. The van der Waals surface area contributed by atoms with Crippen molar-refractivity contribution in [2.75, 3.05) is 18.1 Å². The van der Waals surface area contributed by atoms with Crippen LogP contribution in [0.5, 0.6) is 0 Å². The molecule has 3 N–H and O–H groups in total. The van der Waals surface area contributed by atoms with E-state index in [4.69, 9.17) is 26.5 Å². The zero-order chi connectivity index (χ0) is 28.5. The number of esters is 1. The van der Waals surface area contributed by atoms with Crippen molar-refractivity contribution in [1.29, 1.82) is 0 Å². The van der Waals surface area contributed by atoms with Crippen molar-refractivity contribution in [3.05, 3.63) is 86.3 Å². The number of aliphatic imine (C=N–C) groups is 1. The van der Waals surface area contributed by atoms with Crippen LogP contribution in [-0.2, 0) is 4.74 Å². The Bertz CT molecular complexity index is 1650. The number of pyridine rings is 1. The van der Waals surface area contributed by atoms with E-state index in [9.17, 15) is 9.59 Å². The first-order valence-corrected chi connectivity index (χ1v) is 12.8. The van der Waals surface area contributed by atoms with E-state index in [2.05, 4.69) is 15.3 Å². The molecule has 39 heavy (non-hydrogen) atoms. The number of anilines is 2. The van der Waals surface area contributed by atoms with E-state index < -0.39 is 11.6 Å². The first kappa shape index (κ1) is 27.9. The average molecular weight is 547 g/mol. The number of nitrogens with zero attached hydrogens (tertiary/aromatic N) is 2. The van der Waals surface area contributed by atoms with Gasteiger partial charge in [0.25, 0.3) is 0 Å². The summed E-state index contributed by atoms with van der Waals surface area (Å²) in [6, 6.07) is 13.5. The van der Waals surface area contributed by atoms with Gasteiger partial charge in [-0.25, -0.2) is 9.78 Å². The Balaban J connectivity index is 1.81. The summed E-state index contributed by atoms with van der Waals surface area (Å²) in [5.74, 6) is -0.199. The summed E-state index contributed by atoms with van der Waals surface area (Å²) in [4.78, 5) is 34.4. The second-order valence-electron chi connectivity index (χ2n) is 10.3. The second kappa shape index (κ2) is 10.9. The molecule has 0 aliphatic heterocycles. The lowest BCUT2D eigenvalue weighted by Crippen LogP contribution is -2.25. The van der Waals surface area contributed by atoms with Crippen molar-refractivity contribution >= 4 is 46.1 Å². The number of aryl methyl sites for hydroxylation is 1. The Morgan fingerprint density at radius 2 is 1.92 bits per heavy atom. The molecule has 0 bridgehead atoms. The number of benzene rings is 2. The quantitative estimate of drug-likeness (QED) is 0.121. The fourth-order valence-corrected chi connectivity index (χ4v) is 4.37. The molecule has 9 heteroatoms. The molecule has 2 aromatic heterocycles. The van der Waals surface area contributed by atoms with E-state index in [1.807, 2.05) is 26.0 Å². The molecular formula is C30H31ClN4O4. The van der Waals surface area contributed by atoms with Crippen LogP contribution in [0.3, 0.4) is 0 Å². The number of hydrogen-bond donors (Lipinski definition) is 2. The van der Waals surface area contributed by atoms with Gasteiger partial charge < -0.3 is 20.2 Å². The molecule has 1 unspecified atom stereocenters. The number of aromatic nitrogens is 1. The summed E-state index contributed by atoms with van der Waals surface area (Å²) in [5, 5.41) is 3.96. The lowest BCUT2D eigenvalue weighted by Gasteiger charge is -2.22. The van der Waals surface area contributed by atoms with Gasteiger partial charge in [-0.2, -0.15) is 0 Å². The molecule has 4 rings (SSSR count). The zero-order valence-corrected chi connectivity index (χ0v) is 23.5. The minimum Gasteiger partial charge on any atom is -0.455 e. The van der Waals surface area contributed by atoms with Crippen LogP contribution in [0.25, 0.3) is 22.3 Å². The maximum Gasteiger partial charge on any atom is 0.359 e. The molecule has 0 saturated carbocycles. The number of nitrogens with one attached hydrogen (secondary N) is 1. The highest BCUT2D eigenvalue weighted by Gasteiger charge is 2.24. The Morgan fingerprint density at radius 3 is 2.62 bits per heavy atom. The van der Waals surface area contributed by atoms with E-state index in [1.165, 1.54) is 6.07 Å². The number of nitrogen functional groups attached to an aromatic ring is 1. The average Bonchev–Trinajstić information content (AvgIpc) is 2.85. The number of carbonyl (C=O) groups is 1. The van der Waals surface area contributed by atoms with Gasteiger partial charge in [-0.05, 0) is 76.6 Å². The summed E-state index contributed by atoms with van der Waals surface area (Å²) < 4.78 is 11.9. The number of carbonyl (C=O) groups excluding carboxylic acids is 1. The summed E-state index contributed by atoms with van der Waals surface area (Å²) in [7, 11) is 1.66. The number of halogens is 1. The fourth-order valence-electron chi connectivity index (χ4n) is 4.22. The Labute approximate surface area is 231 Å². The summed E-state index contributed by atoms with van der Waals surface area (Å²) in [6.07, 6.45) is 1.65. The smallest absolute Gasteiger partial charge is 0.359 e. The van der Waals surface area contributed by atoms with Gasteiger partial charge in [0.05, 0.1) is 17.1 Å². The highest BCUT2D eigenvalue weighted by molar-refractivity contribution is 6.29. The van der Waals surface area contributed by atoms with Crippen LogP contribution >= 0.6 is 11.6 Å². The maximum absolute atomic E-state index is 13.2. The molecule has 0 fully saturated rings. The third kappa shape index (κ3) is 6.29. The molecule has 0 aliphatic carbocycles. The number of fused-ring (bicyclic) bond motifs is 1. The molecule has 2 aromatic carbocycles. The minimum atomic E-state index is -0.707. The van der Waals surface area contributed by atoms with Crippen molar-refractivity contribution in [2.24, 2.45) is 4.99 Å². The number of ether oxygens (including phenoxy) is 1. The molecule has 202 valence electrons. The van der Waals surface area contributed by atoms with Crippen LogP contribution in [-0.4, -0.2) is 29.8 Å². The Kier molecular flexibility index (Phi) is 7.79. The molecule has 0 radical (unpaired) electrons. The van der Waals surface area contributed by atoms with Gasteiger partial charge in [0.2, 0.25) is 0 Å². The van der Waals surface area contributed by atoms with Gasteiger partial charge in [0.1, 0.15) is 22.1 Å². The topological polar surface area (TPSA) is 120 Å². The lowest BCUT2D eigenvalue weighted by atomic mass is 10.00. The van der Waals surface area contributed by atoms with Gasteiger partial charge in [-0.3, -0.25) is 9.79 Å². The molecule has 0 spiro atoms. The summed E-state index contributed by atoms with van der Waals surface area (Å²) in [6.45, 7) is 9.16. The van der Waals surface area contributed by atoms with Gasteiger partial charge >= 0.3 is 5.97 Å². The van der Waals surface area contributed by atoms with Crippen LogP contribution in [0.4, 0.5) is 11.4 Å². The number of nitrogens with two attached hydrogens (primary N) is 1. The van der Waals surface area contributed by atoms with Crippen LogP contribution in [0, 0.1) is 6.92 Å². The molecule has 8 nitrogen and oxygen atoms in total. The fraction of sp³-hybridized carbons (Fsp3) is 0.267. The highest BCUT2D eigenvalue weighted by atomic mass is 35.5. The molecule has 0 aliphatic rings. The number of hydrogen-bond acceptors (Lipinski definition) is 8. The molecule has 0 amide bonds. The van der Waals surface area contributed by atoms with Crippen LogP contribution in [0.1, 0.15) is 60.9 Å². The van der Waals surface area contributed by atoms with Gasteiger partial charge in [-0.1, -0.05) is 17.7 Å². The lowest BCUT2D eigenvalue weighted by molar-refractivity contribution is 0.00640. The summed E-state index contributed by atoms with van der Waals surface area (Å²) in [5.41, 5.74) is 9.74.